The van der Waals surface area contributed by atoms with E-state index >= 15 is 0 Å². The zero-order chi connectivity index (χ0) is 16.2. The molecule has 2 aromatic carbocycles. The molecule has 5 heteroatoms. The van der Waals surface area contributed by atoms with Gasteiger partial charge in [0.1, 0.15) is 0 Å². The molecular formula is C18H17BrN2OS. The summed E-state index contributed by atoms with van der Waals surface area (Å²) in [5.74, 6) is -0.000486. The minimum Gasteiger partial charge on any atom is -0.324 e. The fraction of sp³-hybridized carbons (Fsp3) is 0.167. The Labute approximate surface area is 148 Å². The third kappa shape index (κ3) is 4.19. The summed E-state index contributed by atoms with van der Waals surface area (Å²) in [4.78, 5) is 15.5. The number of likely N-dealkylation sites (N-methyl/N-ethyl adjacent to an activating group) is 1. The monoisotopic (exact) mass is 388 g/mol. The number of anilines is 1. The molecule has 0 bridgehead atoms. The number of amides is 1. The fourth-order valence-corrected chi connectivity index (χ4v) is 4.09. The molecule has 1 N–H and O–H groups in total. The summed E-state index contributed by atoms with van der Waals surface area (Å²) in [6.07, 6.45) is 0. The Kier molecular flexibility index (Phi) is 5.10. The maximum absolute atomic E-state index is 12.3. The second-order valence-electron chi connectivity index (χ2n) is 5.45. The largest absolute Gasteiger partial charge is 0.324 e. The third-order valence-electron chi connectivity index (χ3n) is 3.53. The summed E-state index contributed by atoms with van der Waals surface area (Å²) in [6, 6.07) is 18.1. The Morgan fingerprint density at radius 1 is 1.13 bits per heavy atom. The van der Waals surface area contributed by atoms with Gasteiger partial charge in [0.05, 0.1) is 10.3 Å². The number of carbonyl (C=O) groups is 1. The Hall–Kier alpha value is -1.69. The highest BCUT2D eigenvalue weighted by Gasteiger charge is 2.10. The summed E-state index contributed by atoms with van der Waals surface area (Å²) in [5, 5.41) is 5.21. The van der Waals surface area contributed by atoms with Crippen molar-refractivity contribution in [2.75, 3.05) is 18.9 Å². The van der Waals surface area contributed by atoms with Crippen LogP contribution in [0.5, 0.6) is 0 Å². The second-order valence-corrected chi connectivity index (χ2v) is 8.00. The molecular weight excluding hydrogens is 372 g/mol. The number of benzene rings is 2. The average molecular weight is 389 g/mol. The van der Waals surface area contributed by atoms with Gasteiger partial charge in [-0.15, -0.1) is 11.3 Å². The SMILES string of the molecule is CN(CC(=O)Nc1cccc2ccccc12)Cc1ccc(Br)s1. The topological polar surface area (TPSA) is 32.3 Å². The van der Waals surface area contributed by atoms with Gasteiger partial charge in [-0.25, -0.2) is 0 Å². The van der Waals surface area contributed by atoms with Gasteiger partial charge < -0.3 is 5.32 Å². The van der Waals surface area contributed by atoms with E-state index in [9.17, 15) is 4.79 Å². The maximum atomic E-state index is 12.3. The van der Waals surface area contributed by atoms with Gasteiger partial charge in [0.15, 0.2) is 0 Å². The molecule has 118 valence electrons. The molecule has 0 atom stereocenters. The summed E-state index contributed by atoms with van der Waals surface area (Å²) in [5.41, 5.74) is 0.861. The normalized spacial score (nSPS) is 11.1. The van der Waals surface area contributed by atoms with E-state index in [-0.39, 0.29) is 5.91 Å². The van der Waals surface area contributed by atoms with Crippen LogP contribution in [-0.2, 0) is 11.3 Å². The molecule has 0 saturated heterocycles. The summed E-state index contributed by atoms with van der Waals surface area (Å²) < 4.78 is 1.11. The van der Waals surface area contributed by atoms with Crippen molar-refractivity contribution in [3.05, 3.63) is 63.3 Å². The fourth-order valence-electron chi connectivity index (χ4n) is 2.53. The number of nitrogens with one attached hydrogen (secondary N) is 1. The van der Waals surface area contributed by atoms with E-state index in [2.05, 4.69) is 27.3 Å². The lowest BCUT2D eigenvalue weighted by molar-refractivity contribution is -0.117. The molecule has 3 rings (SSSR count). The molecule has 1 amide bonds. The molecule has 0 aliphatic heterocycles. The molecule has 3 nitrogen and oxygen atoms in total. The molecule has 0 fully saturated rings. The summed E-state index contributed by atoms with van der Waals surface area (Å²) in [6.45, 7) is 1.12. The first kappa shape index (κ1) is 16.2. The molecule has 0 spiro atoms. The molecule has 0 radical (unpaired) electrons. The smallest absolute Gasteiger partial charge is 0.238 e. The van der Waals surface area contributed by atoms with Crippen molar-refractivity contribution in [3.8, 4) is 0 Å². The molecule has 0 unspecified atom stereocenters. The number of halogens is 1. The van der Waals surface area contributed by atoms with Gasteiger partial charge in [-0.05, 0) is 46.6 Å². The van der Waals surface area contributed by atoms with Crippen molar-refractivity contribution in [3.63, 3.8) is 0 Å². The van der Waals surface area contributed by atoms with Gasteiger partial charge in [-0.1, -0.05) is 36.4 Å². The molecule has 23 heavy (non-hydrogen) atoms. The minimum absolute atomic E-state index is 0.000486. The lowest BCUT2D eigenvalue weighted by Crippen LogP contribution is -2.29. The first-order valence-electron chi connectivity index (χ1n) is 7.32. The minimum atomic E-state index is -0.000486. The van der Waals surface area contributed by atoms with Crippen molar-refractivity contribution in [1.82, 2.24) is 4.90 Å². The highest BCUT2D eigenvalue weighted by Crippen LogP contribution is 2.24. The van der Waals surface area contributed by atoms with Crippen molar-refractivity contribution in [2.24, 2.45) is 0 Å². The van der Waals surface area contributed by atoms with Crippen LogP contribution in [0.4, 0.5) is 5.69 Å². The number of rotatable bonds is 5. The number of fused-ring (bicyclic) bond motifs is 1. The van der Waals surface area contributed by atoms with E-state index in [0.717, 1.165) is 26.8 Å². The molecule has 0 aliphatic rings. The van der Waals surface area contributed by atoms with E-state index in [1.165, 1.54) is 4.88 Å². The van der Waals surface area contributed by atoms with Crippen LogP contribution in [0, 0.1) is 0 Å². The number of hydrogen-bond acceptors (Lipinski definition) is 3. The molecule has 3 aromatic rings. The van der Waals surface area contributed by atoms with Crippen LogP contribution in [0.15, 0.2) is 58.4 Å². The van der Waals surface area contributed by atoms with Gasteiger partial charge in [0.2, 0.25) is 5.91 Å². The second kappa shape index (κ2) is 7.25. The molecule has 1 aromatic heterocycles. The Bertz CT molecular complexity index is 825. The highest BCUT2D eigenvalue weighted by molar-refractivity contribution is 9.11. The Morgan fingerprint density at radius 2 is 1.91 bits per heavy atom. The number of nitrogens with zero attached hydrogens (tertiary/aromatic N) is 1. The van der Waals surface area contributed by atoms with Gasteiger partial charge >= 0.3 is 0 Å². The standard InChI is InChI=1S/C18H17BrN2OS/c1-21(11-14-9-10-17(19)23-14)12-18(22)20-16-8-4-6-13-5-2-3-7-15(13)16/h2-10H,11-12H2,1H3,(H,20,22). The van der Waals surface area contributed by atoms with Gasteiger partial charge in [-0.2, -0.15) is 0 Å². The van der Waals surface area contributed by atoms with Crippen LogP contribution < -0.4 is 5.32 Å². The lowest BCUT2D eigenvalue weighted by Gasteiger charge is -2.16. The van der Waals surface area contributed by atoms with Gasteiger partial charge in [-0.3, -0.25) is 9.69 Å². The van der Waals surface area contributed by atoms with E-state index in [4.69, 9.17) is 0 Å². The van der Waals surface area contributed by atoms with Crippen LogP contribution in [-0.4, -0.2) is 24.4 Å². The van der Waals surface area contributed by atoms with E-state index < -0.39 is 0 Å². The van der Waals surface area contributed by atoms with E-state index in [1.54, 1.807) is 11.3 Å². The summed E-state index contributed by atoms with van der Waals surface area (Å²) in [7, 11) is 1.95. The number of hydrogen-bond donors (Lipinski definition) is 1. The molecule has 1 heterocycles. The zero-order valence-corrected chi connectivity index (χ0v) is 15.2. The lowest BCUT2D eigenvalue weighted by atomic mass is 10.1. The quantitative estimate of drug-likeness (QED) is 0.684. The van der Waals surface area contributed by atoms with Crippen molar-refractivity contribution >= 4 is 49.6 Å². The van der Waals surface area contributed by atoms with Crippen LogP contribution in [0.2, 0.25) is 0 Å². The number of carbonyl (C=O) groups excluding carboxylic acids is 1. The van der Waals surface area contributed by atoms with Crippen molar-refractivity contribution in [1.29, 1.82) is 0 Å². The van der Waals surface area contributed by atoms with Crippen LogP contribution >= 0.6 is 27.3 Å². The van der Waals surface area contributed by atoms with Crippen molar-refractivity contribution < 1.29 is 4.79 Å². The first-order chi connectivity index (χ1) is 11.1. The van der Waals surface area contributed by atoms with Crippen LogP contribution in [0.1, 0.15) is 4.88 Å². The predicted octanol–water partition coefficient (Wildman–Crippen LogP) is 4.73. The van der Waals surface area contributed by atoms with E-state index in [0.29, 0.717) is 6.54 Å². The zero-order valence-electron chi connectivity index (χ0n) is 12.8. The maximum Gasteiger partial charge on any atom is 0.238 e. The highest BCUT2D eigenvalue weighted by atomic mass is 79.9. The van der Waals surface area contributed by atoms with Gasteiger partial charge in [0, 0.05) is 22.5 Å². The average Bonchev–Trinajstić information content (AvgIpc) is 2.92. The van der Waals surface area contributed by atoms with Crippen LogP contribution in [0.25, 0.3) is 10.8 Å². The van der Waals surface area contributed by atoms with Crippen molar-refractivity contribution in [2.45, 2.75) is 6.54 Å². The third-order valence-corrected chi connectivity index (χ3v) is 5.14. The van der Waals surface area contributed by atoms with Gasteiger partial charge in [0.25, 0.3) is 0 Å². The molecule has 0 aliphatic carbocycles. The van der Waals surface area contributed by atoms with E-state index in [1.807, 2.05) is 60.5 Å². The Morgan fingerprint density at radius 3 is 2.70 bits per heavy atom. The predicted molar refractivity (Wildman–Crippen MR) is 101 cm³/mol. The number of thiophene rings is 1. The Balaban J connectivity index is 1.64. The summed E-state index contributed by atoms with van der Waals surface area (Å²) >= 11 is 5.15. The van der Waals surface area contributed by atoms with Crippen LogP contribution in [0.3, 0.4) is 0 Å². The molecule has 0 saturated carbocycles. The first-order valence-corrected chi connectivity index (χ1v) is 8.93.